The largest absolute Gasteiger partial charge is 0.756 e. The highest BCUT2D eigenvalue weighted by molar-refractivity contribution is 7.45. The molecule has 1 unspecified atom stereocenters. The van der Waals surface area contributed by atoms with Crippen LogP contribution in [0.5, 0.6) is 0 Å². The number of hydrogen-bond acceptors (Lipinski definition) is 5. The molecule has 0 aromatic carbocycles. The van der Waals surface area contributed by atoms with E-state index in [1.807, 2.05) is 0 Å². The van der Waals surface area contributed by atoms with E-state index in [1.165, 1.54) is 6.92 Å². The van der Waals surface area contributed by atoms with Gasteiger partial charge in [0.2, 0.25) is 5.91 Å². The maximum Gasteiger partial charge on any atom is 0.267 e. The molecule has 0 fully saturated rings. The Bertz CT molecular complexity index is 259. The number of rotatable bonds is 10. The second kappa shape index (κ2) is 9.59. The van der Waals surface area contributed by atoms with Gasteiger partial charge in [0.25, 0.3) is 7.82 Å². The Morgan fingerprint density at radius 1 is 1.24 bits per heavy atom. The van der Waals surface area contributed by atoms with Crippen LogP contribution in [0.1, 0.15) is 39.5 Å². The van der Waals surface area contributed by atoms with E-state index in [0.29, 0.717) is 13.0 Å². The van der Waals surface area contributed by atoms with E-state index in [1.54, 1.807) is 6.92 Å². The Hall–Kier alpha value is -0.420. The lowest BCUT2D eigenvalue weighted by Crippen LogP contribution is -2.20. The van der Waals surface area contributed by atoms with Gasteiger partial charge < -0.3 is 19.3 Å². The summed E-state index contributed by atoms with van der Waals surface area (Å²) in [4.78, 5) is 21.5. The molecule has 0 aromatic rings. The van der Waals surface area contributed by atoms with Crippen LogP contribution in [-0.2, 0) is 18.4 Å². The number of phosphoric ester groups is 1. The van der Waals surface area contributed by atoms with Crippen LogP contribution in [0.15, 0.2) is 0 Å². The van der Waals surface area contributed by atoms with Crippen LogP contribution < -0.4 is 10.2 Å². The van der Waals surface area contributed by atoms with Crippen LogP contribution in [0, 0.1) is 0 Å². The molecule has 0 spiro atoms. The maximum absolute atomic E-state index is 11.0. The summed E-state index contributed by atoms with van der Waals surface area (Å²) >= 11 is 0. The summed E-state index contributed by atoms with van der Waals surface area (Å²) in [5.74, 6) is -0.0302. The van der Waals surface area contributed by atoms with Gasteiger partial charge in [0.05, 0.1) is 13.2 Å². The van der Waals surface area contributed by atoms with Crippen LogP contribution >= 0.6 is 7.82 Å². The Balaban J connectivity index is 3.29. The molecular weight excluding hydrogens is 245 g/mol. The molecule has 0 heterocycles. The second-order valence-electron chi connectivity index (χ2n) is 3.60. The minimum atomic E-state index is -4.07. The zero-order valence-electron chi connectivity index (χ0n) is 10.4. The number of carbonyl (C=O) groups is 1. The lowest BCUT2D eigenvalue weighted by molar-refractivity contribution is -0.225. The zero-order chi connectivity index (χ0) is 13.1. The van der Waals surface area contributed by atoms with Crippen LogP contribution in [-0.4, -0.2) is 25.7 Å². The number of amides is 1. The fourth-order valence-corrected chi connectivity index (χ4v) is 1.96. The molecule has 0 aliphatic rings. The number of carbonyl (C=O) groups excluding carboxylic acids is 1. The fraction of sp³-hybridized carbons (Fsp3) is 0.900. The third-order valence-corrected chi connectivity index (χ3v) is 3.05. The molecule has 0 radical (unpaired) electrons. The van der Waals surface area contributed by atoms with Crippen molar-refractivity contribution in [3.05, 3.63) is 0 Å². The van der Waals surface area contributed by atoms with Gasteiger partial charge in [-0.25, -0.2) is 0 Å². The van der Waals surface area contributed by atoms with Gasteiger partial charge in [0.1, 0.15) is 0 Å². The number of unbranched alkanes of at least 4 members (excludes halogenated alkanes) is 3. The number of nitrogens with one attached hydrogen (secondary N) is 1. The molecule has 0 saturated heterocycles. The minimum Gasteiger partial charge on any atom is -0.756 e. The Kier molecular flexibility index (Phi) is 9.36. The highest BCUT2D eigenvalue weighted by Crippen LogP contribution is 2.37. The van der Waals surface area contributed by atoms with Gasteiger partial charge in [0, 0.05) is 13.5 Å². The van der Waals surface area contributed by atoms with Crippen molar-refractivity contribution < 1.29 is 23.3 Å². The Labute approximate surface area is 102 Å². The van der Waals surface area contributed by atoms with Crippen molar-refractivity contribution in [2.24, 2.45) is 0 Å². The van der Waals surface area contributed by atoms with Gasteiger partial charge in [-0.3, -0.25) is 9.36 Å². The number of phosphoric acid groups is 1. The highest BCUT2D eigenvalue weighted by Gasteiger charge is 2.06. The van der Waals surface area contributed by atoms with E-state index < -0.39 is 7.82 Å². The average molecular weight is 266 g/mol. The van der Waals surface area contributed by atoms with E-state index in [0.717, 1.165) is 19.3 Å². The van der Waals surface area contributed by atoms with Crippen LogP contribution in [0.25, 0.3) is 0 Å². The third kappa shape index (κ3) is 11.8. The maximum atomic E-state index is 11.0. The van der Waals surface area contributed by atoms with E-state index >= 15 is 0 Å². The SMILES string of the molecule is CCOP(=O)([O-])OCCCCCCNC(C)=O. The standard InChI is InChI=1S/C10H22NO5P/c1-3-15-17(13,14)16-9-7-5-4-6-8-11-10(2)12/h3-9H2,1-2H3,(H,11,12)(H,13,14)/p-1. The van der Waals surface area contributed by atoms with Gasteiger partial charge in [0.15, 0.2) is 0 Å². The Morgan fingerprint density at radius 3 is 2.47 bits per heavy atom. The molecule has 0 aliphatic heterocycles. The van der Waals surface area contributed by atoms with Crippen LogP contribution in [0.3, 0.4) is 0 Å². The summed E-state index contributed by atoms with van der Waals surface area (Å²) < 4.78 is 20.0. The molecule has 1 atom stereocenters. The van der Waals surface area contributed by atoms with Crippen molar-refractivity contribution in [2.45, 2.75) is 39.5 Å². The summed E-state index contributed by atoms with van der Waals surface area (Å²) in [5, 5.41) is 2.69. The molecule has 102 valence electrons. The number of hydrogen-bond donors (Lipinski definition) is 1. The lowest BCUT2D eigenvalue weighted by atomic mass is 10.2. The summed E-state index contributed by atoms with van der Waals surface area (Å²) in [7, 11) is -4.07. The quantitative estimate of drug-likeness (QED) is 0.474. The predicted molar refractivity (Wildman–Crippen MR) is 62.3 cm³/mol. The van der Waals surface area contributed by atoms with Crippen molar-refractivity contribution in [1.29, 1.82) is 0 Å². The minimum absolute atomic E-state index is 0.0302. The van der Waals surface area contributed by atoms with E-state index in [2.05, 4.69) is 14.4 Å². The molecule has 0 aliphatic carbocycles. The fourth-order valence-electron chi connectivity index (χ4n) is 1.22. The molecule has 0 rings (SSSR count). The van der Waals surface area contributed by atoms with Gasteiger partial charge >= 0.3 is 0 Å². The molecule has 1 N–H and O–H groups in total. The highest BCUT2D eigenvalue weighted by atomic mass is 31.2. The first-order valence-electron chi connectivity index (χ1n) is 5.82. The summed E-state index contributed by atoms with van der Waals surface area (Å²) in [6, 6.07) is 0. The molecule has 0 aromatic heterocycles. The second-order valence-corrected chi connectivity index (χ2v) is 5.01. The average Bonchev–Trinajstić information content (AvgIpc) is 2.21. The van der Waals surface area contributed by atoms with Gasteiger partial charge in [-0.2, -0.15) is 0 Å². The normalized spacial score (nSPS) is 14.3. The van der Waals surface area contributed by atoms with Gasteiger partial charge in [-0.1, -0.05) is 12.8 Å². The molecule has 7 heteroatoms. The monoisotopic (exact) mass is 266 g/mol. The van der Waals surface area contributed by atoms with Crippen molar-refractivity contribution in [3.63, 3.8) is 0 Å². The summed E-state index contributed by atoms with van der Waals surface area (Å²) in [6.07, 6.45) is 3.35. The predicted octanol–water partition coefficient (Wildman–Crippen LogP) is 1.20. The van der Waals surface area contributed by atoms with Crippen molar-refractivity contribution in [1.82, 2.24) is 5.32 Å². The molecule has 0 bridgehead atoms. The molecule has 0 saturated carbocycles. The van der Waals surface area contributed by atoms with Crippen LogP contribution in [0.2, 0.25) is 0 Å². The first kappa shape index (κ1) is 16.6. The molecule has 17 heavy (non-hydrogen) atoms. The van der Waals surface area contributed by atoms with Crippen molar-refractivity contribution in [2.75, 3.05) is 19.8 Å². The van der Waals surface area contributed by atoms with E-state index in [-0.39, 0.29) is 19.1 Å². The molecule has 6 nitrogen and oxygen atoms in total. The van der Waals surface area contributed by atoms with Gasteiger partial charge in [-0.15, -0.1) is 0 Å². The zero-order valence-corrected chi connectivity index (χ0v) is 11.3. The van der Waals surface area contributed by atoms with Crippen molar-refractivity contribution in [3.8, 4) is 0 Å². The third-order valence-electron chi connectivity index (χ3n) is 1.98. The first-order valence-corrected chi connectivity index (χ1v) is 7.28. The topological polar surface area (TPSA) is 87.7 Å². The summed E-state index contributed by atoms with van der Waals surface area (Å²) in [5.41, 5.74) is 0. The van der Waals surface area contributed by atoms with Crippen LogP contribution in [0.4, 0.5) is 0 Å². The smallest absolute Gasteiger partial charge is 0.267 e. The lowest BCUT2D eigenvalue weighted by Gasteiger charge is -2.21. The first-order chi connectivity index (χ1) is 7.98. The van der Waals surface area contributed by atoms with Crippen molar-refractivity contribution >= 4 is 13.7 Å². The van der Waals surface area contributed by atoms with E-state index in [9.17, 15) is 14.3 Å². The molecular formula is C10H21NO5P-. The summed E-state index contributed by atoms with van der Waals surface area (Å²) in [6.45, 7) is 3.98. The molecule has 1 amide bonds. The Morgan fingerprint density at radius 2 is 1.88 bits per heavy atom. The van der Waals surface area contributed by atoms with E-state index in [4.69, 9.17) is 0 Å². The van der Waals surface area contributed by atoms with Gasteiger partial charge in [-0.05, 0) is 19.8 Å².